The molecule has 0 aromatic heterocycles. The number of nitrogens with two attached hydrogens (primary N) is 1. The van der Waals surface area contributed by atoms with E-state index in [0.717, 1.165) is 0 Å². The van der Waals surface area contributed by atoms with Gasteiger partial charge in [0.15, 0.2) is 0 Å². The van der Waals surface area contributed by atoms with Gasteiger partial charge >= 0.3 is 0 Å². The summed E-state index contributed by atoms with van der Waals surface area (Å²) in [6.07, 6.45) is 0.508. The Kier molecular flexibility index (Phi) is 15.3. The van der Waals surface area contributed by atoms with Crippen LogP contribution in [0.5, 0.6) is 5.75 Å². The van der Waals surface area contributed by atoms with Crippen LogP contribution in [-0.4, -0.2) is 97.1 Å². The van der Waals surface area contributed by atoms with E-state index in [1.165, 1.54) is 19.1 Å². The summed E-state index contributed by atoms with van der Waals surface area (Å²) in [6.45, 7) is 1.01. The van der Waals surface area contributed by atoms with E-state index in [2.05, 4.69) is 31.9 Å². The van der Waals surface area contributed by atoms with E-state index >= 15 is 0 Å². The summed E-state index contributed by atoms with van der Waals surface area (Å²) in [6, 6.07) is 2.35. The molecule has 0 fully saturated rings. The summed E-state index contributed by atoms with van der Waals surface area (Å²) in [5.74, 6) is -3.76. The van der Waals surface area contributed by atoms with Crippen LogP contribution in [0.25, 0.3) is 0 Å². The molecule has 0 aliphatic heterocycles. The van der Waals surface area contributed by atoms with Gasteiger partial charge in [0.05, 0.1) is 19.2 Å². The lowest BCUT2D eigenvalue weighted by molar-refractivity contribution is -0.135. The number of carbonyl (C=O) groups excluding carboxylic acids is 6. The smallest absolute Gasteiger partial charge is 0.245 e. The Morgan fingerprint density at radius 3 is 2.12 bits per heavy atom. The summed E-state index contributed by atoms with van der Waals surface area (Å²) >= 11 is 0. The lowest BCUT2D eigenvalue weighted by Gasteiger charge is -2.25. The molecule has 10 N–H and O–H groups in total. The van der Waals surface area contributed by atoms with E-state index in [1.807, 2.05) is 0 Å². The number of benzene rings is 1. The normalized spacial score (nSPS) is 13.6. The number of unbranched alkanes of at least 4 members (excludes halogenated alkanes) is 1. The number of aliphatic hydroxyl groups is 1. The molecule has 0 heterocycles. The first-order valence-corrected chi connectivity index (χ1v) is 12.7. The lowest BCUT2D eigenvalue weighted by Crippen LogP contribution is -2.58. The molecule has 0 saturated heterocycles. The second kappa shape index (κ2) is 18.1. The second-order valence-corrected chi connectivity index (χ2v) is 9.06. The Morgan fingerprint density at radius 1 is 0.925 bits per heavy atom. The van der Waals surface area contributed by atoms with E-state index in [9.17, 15) is 39.0 Å². The fraction of sp³-hybridized carbons (Fsp3) is 0.520. The van der Waals surface area contributed by atoms with E-state index in [1.54, 1.807) is 19.2 Å². The van der Waals surface area contributed by atoms with Gasteiger partial charge in [-0.1, -0.05) is 12.1 Å². The van der Waals surface area contributed by atoms with Crippen molar-refractivity contribution < 1.29 is 39.0 Å². The Balaban J connectivity index is 2.77. The number of hydrogen-bond acceptors (Lipinski definition) is 9. The number of amides is 6. The zero-order valence-electron chi connectivity index (χ0n) is 22.6. The molecule has 40 heavy (non-hydrogen) atoms. The Hall–Kier alpha value is -4.24. The van der Waals surface area contributed by atoms with Crippen LogP contribution in [-0.2, 0) is 35.2 Å². The van der Waals surface area contributed by atoms with Crippen molar-refractivity contribution in [2.24, 2.45) is 5.73 Å². The van der Waals surface area contributed by atoms with Crippen LogP contribution in [0.2, 0.25) is 0 Å². The van der Waals surface area contributed by atoms with Gasteiger partial charge in [-0.25, -0.2) is 0 Å². The van der Waals surface area contributed by atoms with Crippen LogP contribution in [0.4, 0.5) is 0 Å². The summed E-state index contributed by atoms with van der Waals surface area (Å²) < 4.78 is 0. The molecule has 15 nitrogen and oxygen atoms in total. The fourth-order valence-electron chi connectivity index (χ4n) is 3.57. The Bertz CT molecular complexity index is 1000. The number of hydrogen-bond donors (Lipinski definition) is 9. The third kappa shape index (κ3) is 13.0. The van der Waals surface area contributed by atoms with Crippen LogP contribution in [0, 0.1) is 0 Å². The summed E-state index contributed by atoms with van der Waals surface area (Å²) in [5.41, 5.74) is 6.00. The predicted octanol–water partition coefficient (Wildman–Crippen LogP) is -3.49. The number of aromatic hydroxyl groups is 1. The van der Waals surface area contributed by atoms with Gasteiger partial charge in [-0.2, -0.15) is 0 Å². The zero-order chi connectivity index (χ0) is 30.1. The molecular weight excluding hydrogens is 526 g/mol. The van der Waals surface area contributed by atoms with Gasteiger partial charge in [0.2, 0.25) is 35.9 Å². The van der Waals surface area contributed by atoms with Crippen molar-refractivity contribution in [1.82, 2.24) is 31.9 Å². The number of nitrogens with one attached hydrogen (secondary N) is 6. The van der Waals surface area contributed by atoms with Crippen LogP contribution < -0.4 is 37.6 Å². The molecule has 0 spiro atoms. The van der Waals surface area contributed by atoms with Gasteiger partial charge in [0.25, 0.3) is 0 Å². The molecule has 0 radical (unpaired) electrons. The molecule has 0 aliphatic carbocycles. The van der Waals surface area contributed by atoms with E-state index < -0.39 is 60.3 Å². The largest absolute Gasteiger partial charge is 0.508 e. The molecule has 0 aliphatic rings. The highest BCUT2D eigenvalue weighted by molar-refractivity contribution is 5.94. The van der Waals surface area contributed by atoms with E-state index in [0.29, 0.717) is 31.4 Å². The molecule has 6 amide bonds. The monoisotopic (exact) mass is 565 g/mol. The standard InChI is InChI=1S/C25H39N7O8/c1-15(34)22(32-24(39)18(5-3-4-10-27-2)30-20(36)12-28-14-33)25(40)29-13-21(37)31-19(23(26)38)11-16-6-8-17(35)9-7-16/h6-9,14-15,18-19,22,27,34-35H,3-5,10-13H2,1-2H3,(H2,26,38)(H,28,33)(H,29,40)(H,30,36)(H,31,37)(H,32,39). The summed E-state index contributed by atoms with van der Waals surface area (Å²) in [4.78, 5) is 72.4. The van der Waals surface area contributed by atoms with Gasteiger partial charge in [-0.05, 0) is 57.5 Å². The van der Waals surface area contributed by atoms with Crippen molar-refractivity contribution in [3.05, 3.63) is 29.8 Å². The first kappa shape index (κ1) is 33.8. The molecular formula is C25H39N7O8. The predicted molar refractivity (Wildman–Crippen MR) is 143 cm³/mol. The SMILES string of the molecule is CNCCCCC(NC(=O)CNC=O)C(=O)NC(C(=O)NCC(=O)NC(Cc1ccc(O)cc1)C(N)=O)C(C)O. The number of rotatable bonds is 19. The highest BCUT2D eigenvalue weighted by atomic mass is 16.3. The zero-order valence-corrected chi connectivity index (χ0v) is 22.6. The average Bonchev–Trinajstić information content (AvgIpc) is 2.91. The van der Waals surface area contributed by atoms with Crippen molar-refractivity contribution in [2.45, 2.75) is 56.8 Å². The minimum atomic E-state index is -1.46. The number of carbonyl (C=O) groups is 6. The van der Waals surface area contributed by atoms with Crippen molar-refractivity contribution in [3.63, 3.8) is 0 Å². The Labute approximate surface area is 232 Å². The Morgan fingerprint density at radius 2 is 1.55 bits per heavy atom. The summed E-state index contributed by atoms with van der Waals surface area (Å²) in [5, 5.41) is 34.3. The molecule has 0 saturated carbocycles. The number of phenolic OH excluding ortho intramolecular Hbond substituents is 1. The third-order valence-electron chi connectivity index (χ3n) is 5.71. The molecule has 15 heteroatoms. The van der Waals surface area contributed by atoms with Crippen molar-refractivity contribution >= 4 is 35.9 Å². The van der Waals surface area contributed by atoms with Gasteiger partial charge in [-0.3, -0.25) is 28.8 Å². The fourth-order valence-corrected chi connectivity index (χ4v) is 3.57. The van der Waals surface area contributed by atoms with Crippen LogP contribution in [0.1, 0.15) is 31.7 Å². The highest BCUT2D eigenvalue weighted by Gasteiger charge is 2.30. The van der Waals surface area contributed by atoms with E-state index in [4.69, 9.17) is 5.73 Å². The highest BCUT2D eigenvalue weighted by Crippen LogP contribution is 2.11. The molecule has 4 unspecified atom stereocenters. The first-order chi connectivity index (χ1) is 19.0. The van der Waals surface area contributed by atoms with Crippen molar-refractivity contribution in [3.8, 4) is 5.75 Å². The minimum Gasteiger partial charge on any atom is -0.508 e. The molecule has 0 bridgehead atoms. The number of aliphatic hydroxyl groups excluding tert-OH is 1. The maximum atomic E-state index is 12.9. The minimum absolute atomic E-state index is 0.0308. The van der Waals surface area contributed by atoms with Crippen LogP contribution in [0.15, 0.2) is 24.3 Å². The van der Waals surface area contributed by atoms with Crippen molar-refractivity contribution in [1.29, 1.82) is 0 Å². The van der Waals surface area contributed by atoms with Crippen LogP contribution >= 0.6 is 0 Å². The van der Waals surface area contributed by atoms with Gasteiger partial charge in [0.1, 0.15) is 23.9 Å². The molecule has 222 valence electrons. The van der Waals surface area contributed by atoms with E-state index in [-0.39, 0.29) is 25.1 Å². The van der Waals surface area contributed by atoms with Gasteiger partial charge in [0, 0.05) is 6.42 Å². The maximum Gasteiger partial charge on any atom is 0.245 e. The van der Waals surface area contributed by atoms with Crippen molar-refractivity contribution in [2.75, 3.05) is 26.7 Å². The second-order valence-electron chi connectivity index (χ2n) is 9.06. The topological polar surface area (TPSA) is 241 Å². The average molecular weight is 566 g/mol. The third-order valence-corrected chi connectivity index (χ3v) is 5.71. The quantitative estimate of drug-likeness (QED) is 0.0596. The lowest BCUT2D eigenvalue weighted by atomic mass is 10.1. The van der Waals surface area contributed by atoms with Gasteiger partial charge < -0.3 is 47.8 Å². The maximum absolute atomic E-state index is 12.9. The number of phenols is 1. The van der Waals surface area contributed by atoms with Crippen LogP contribution in [0.3, 0.4) is 0 Å². The first-order valence-electron chi connectivity index (χ1n) is 12.7. The molecule has 4 atom stereocenters. The molecule has 1 aromatic rings. The number of primary amides is 1. The summed E-state index contributed by atoms with van der Waals surface area (Å²) in [7, 11) is 1.77. The van der Waals surface area contributed by atoms with Gasteiger partial charge in [-0.15, -0.1) is 0 Å². The molecule has 1 rings (SSSR count). The molecule has 1 aromatic carbocycles.